The van der Waals surface area contributed by atoms with Crippen LogP contribution in [-0.4, -0.2) is 22.5 Å². The number of aromatic nitrogens is 2. The van der Waals surface area contributed by atoms with Gasteiger partial charge < -0.3 is 5.32 Å². The fraction of sp³-hybridized carbons (Fsp3) is 0.417. The van der Waals surface area contributed by atoms with Crippen molar-refractivity contribution in [2.45, 2.75) is 18.8 Å². The van der Waals surface area contributed by atoms with Crippen molar-refractivity contribution in [3.05, 3.63) is 36.0 Å². The molecule has 0 aliphatic carbocycles. The third kappa shape index (κ3) is 1.59. The van der Waals surface area contributed by atoms with Crippen molar-refractivity contribution in [3.8, 4) is 0 Å². The summed E-state index contributed by atoms with van der Waals surface area (Å²) in [6, 6.07) is 5.00. The number of nitrogens with zero attached hydrogens (tertiary/aromatic N) is 2. The first-order valence-electron chi connectivity index (χ1n) is 5.69. The molecule has 0 amide bonds. The van der Waals surface area contributed by atoms with Crippen LogP contribution in [-0.2, 0) is 0 Å². The van der Waals surface area contributed by atoms with Crippen molar-refractivity contribution in [2.24, 2.45) is 0 Å². The third-order valence-corrected chi connectivity index (χ3v) is 3.22. The molecule has 0 bridgehead atoms. The molecule has 0 aromatic carbocycles. The molecule has 84 valence electrons. The van der Waals surface area contributed by atoms with Gasteiger partial charge in [-0.3, -0.25) is 4.40 Å². The second-order valence-electron chi connectivity index (χ2n) is 4.27. The lowest BCUT2D eigenvalue weighted by Crippen LogP contribution is -2.26. The summed E-state index contributed by atoms with van der Waals surface area (Å²) >= 11 is 0. The summed E-state index contributed by atoms with van der Waals surface area (Å²) < 4.78 is 15.0. The van der Waals surface area contributed by atoms with Gasteiger partial charge in [-0.15, -0.1) is 0 Å². The Balaban J connectivity index is 2.01. The molecule has 0 radical (unpaired) electrons. The molecule has 1 aliphatic rings. The summed E-state index contributed by atoms with van der Waals surface area (Å²) in [7, 11) is 0. The van der Waals surface area contributed by atoms with E-state index in [0.29, 0.717) is 11.6 Å². The van der Waals surface area contributed by atoms with Gasteiger partial charge in [-0.05, 0) is 38.1 Å². The zero-order valence-electron chi connectivity index (χ0n) is 8.99. The lowest BCUT2D eigenvalue weighted by molar-refractivity contribution is 0.454. The summed E-state index contributed by atoms with van der Waals surface area (Å²) in [6.45, 7) is 2.06. The lowest BCUT2D eigenvalue weighted by atomic mass is 9.95. The van der Waals surface area contributed by atoms with Crippen molar-refractivity contribution in [1.29, 1.82) is 0 Å². The number of hydrogen-bond acceptors (Lipinski definition) is 2. The van der Waals surface area contributed by atoms with E-state index in [2.05, 4.69) is 10.3 Å². The number of fused-ring (bicyclic) bond motifs is 1. The van der Waals surface area contributed by atoms with Crippen LogP contribution in [0.5, 0.6) is 0 Å². The molecule has 0 spiro atoms. The summed E-state index contributed by atoms with van der Waals surface area (Å²) in [6.07, 6.45) is 4.01. The Labute approximate surface area is 93.3 Å². The predicted molar refractivity (Wildman–Crippen MR) is 60.0 cm³/mol. The minimum Gasteiger partial charge on any atom is -0.317 e. The standard InChI is InChI=1S/C12H14FN3/c13-11-2-1-3-12-15-10(8-16(11)12)9-4-6-14-7-5-9/h1-3,8-9,14H,4-7H2. The number of nitrogens with one attached hydrogen (secondary N) is 1. The van der Waals surface area contributed by atoms with Crippen molar-refractivity contribution in [1.82, 2.24) is 14.7 Å². The quantitative estimate of drug-likeness (QED) is 0.743. The number of halogens is 1. The van der Waals surface area contributed by atoms with Crippen LogP contribution in [0.2, 0.25) is 0 Å². The SMILES string of the molecule is Fc1cccc2nc(C3CCNCC3)cn12. The van der Waals surface area contributed by atoms with E-state index < -0.39 is 0 Å². The largest absolute Gasteiger partial charge is 0.317 e. The summed E-state index contributed by atoms with van der Waals surface area (Å²) in [5, 5.41) is 3.32. The molecular weight excluding hydrogens is 205 g/mol. The minimum atomic E-state index is -0.245. The van der Waals surface area contributed by atoms with Gasteiger partial charge in [0.15, 0.2) is 5.95 Å². The maximum Gasteiger partial charge on any atom is 0.199 e. The van der Waals surface area contributed by atoms with Crippen LogP contribution >= 0.6 is 0 Å². The monoisotopic (exact) mass is 219 g/mol. The molecule has 2 aromatic rings. The Kier molecular flexibility index (Phi) is 2.36. The molecule has 3 nitrogen and oxygen atoms in total. The Morgan fingerprint density at radius 2 is 2.12 bits per heavy atom. The minimum absolute atomic E-state index is 0.245. The van der Waals surface area contributed by atoms with Crippen LogP contribution in [0.15, 0.2) is 24.4 Å². The third-order valence-electron chi connectivity index (χ3n) is 3.22. The molecule has 3 heterocycles. The van der Waals surface area contributed by atoms with Crippen molar-refractivity contribution in [3.63, 3.8) is 0 Å². The molecule has 1 N–H and O–H groups in total. The highest BCUT2D eigenvalue weighted by Crippen LogP contribution is 2.24. The van der Waals surface area contributed by atoms with Gasteiger partial charge in [0, 0.05) is 12.1 Å². The van der Waals surface area contributed by atoms with Crippen molar-refractivity contribution < 1.29 is 4.39 Å². The first-order valence-corrected chi connectivity index (χ1v) is 5.69. The molecule has 0 atom stereocenters. The number of hydrogen-bond donors (Lipinski definition) is 1. The van der Waals surface area contributed by atoms with Gasteiger partial charge in [0.1, 0.15) is 5.65 Å². The van der Waals surface area contributed by atoms with E-state index in [0.717, 1.165) is 31.6 Å². The van der Waals surface area contributed by atoms with Gasteiger partial charge in [0.25, 0.3) is 0 Å². The Hall–Kier alpha value is -1.42. The highest BCUT2D eigenvalue weighted by atomic mass is 19.1. The number of pyridine rings is 1. The maximum absolute atomic E-state index is 13.5. The van der Waals surface area contributed by atoms with Gasteiger partial charge in [-0.2, -0.15) is 4.39 Å². The number of rotatable bonds is 1. The van der Waals surface area contributed by atoms with E-state index in [1.807, 2.05) is 12.3 Å². The van der Waals surface area contributed by atoms with Gasteiger partial charge in [0.2, 0.25) is 0 Å². The Bertz CT molecular complexity index is 500. The maximum atomic E-state index is 13.5. The molecular formula is C12H14FN3. The van der Waals surface area contributed by atoms with Gasteiger partial charge >= 0.3 is 0 Å². The first kappa shape index (κ1) is 9.78. The van der Waals surface area contributed by atoms with E-state index in [9.17, 15) is 4.39 Å². The molecule has 0 saturated carbocycles. The van der Waals surface area contributed by atoms with Crippen LogP contribution in [0.1, 0.15) is 24.5 Å². The topological polar surface area (TPSA) is 29.3 Å². The second-order valence-corrected chi connectivity index (χ2v) is 4.27. The van der Waals surface area contributed by atoms with Crippen LogP contribution in [0.3, 0.4) is 0 Å². The van der Waals surface area contributed by atoms with E-state index in [-0.39, 0.29) is 5.95 Å². The Morgan fingerprint density at radius 3 is 2.88 bits per heavy atom. The molecule has 1 aliphatic heterocycles. The molecule has 2 aromatic heterocycles. The molecule has 4 heteroatoms. The van der Waals surface area contributed by atoms with Gasteiger partial charge in [-0.1, -0.05) is 6.07 Å². The summed E-state index contributed by atoms with van der Waals surface area (Å²) in [4.78, 5) is 4.49. The fourth-order valence-corrected chi connectivity index (χ4v) is 2.31. The average molecular weight is 219 g/mol. The van der Waals surface area contributed by atoms with Gasteiger partial charge in [-0.25, -0.2) is 4.98 Å². The van der Waals surface area contributed by atoms with E-state index in [1.54, 1.807) is 6.07 Å². The highest BCUT2D eigenvalue weighted by Gasteiger charge is 2.18. The lowest BCUT2D eigenvalue weighted by Gasteiger charge is -2.20. The van der Waals surface area contributed by atoms with Gasteiger partial charge in [0.05, 0.1) is 5.69 Å². The second kappa shape index (κ2) is 3.87. The van der Waals surface area contributed by atoms with Crippen LogP contribution < -0.4 is 5.32 Å². The van der Waals surface area contributed by atoms with E-state index in [4.69, 9.17) is 0 Å². The summed E-state index contributed by atoms with van der Waals surface area (Å²) in [5.41, 5.74) is 1.72. The predicted octanol–water partition coefficient (Wildman–Crippen LogP) is 1.94. The van der Waals surface area contributed by atoms with Crippen molar-refractivity contribution >= 4 is 5.65 Å². The zero-order valence-corrected chi connectivity index (χ0v) is 8.99. The number of imidazole rings is 1. The Morgan fingerprint density at radius 1 is 1.31 bits per heavy atom. The highest BCUT2D eigenvalue weighted by molar-refractivity contribution is 5.40. The van der Waals surface area contributed by atoms with Crippen LogP contribution in [0.25, 0.3) is 5.65 Å². The smallest absolute Gasteiger partial charge is 0.199 e. The molecule has 16 heavy (non-hydrogen) atoms. The van der Waals surface area contributed by atoms with Crippen LogP contribution in [0.4, 0.5) is 4.39 Å². The molecule has 3 rings (SSSR count). The van der Waals surface area contributed by atoms with Crippen LogP contribution in [0, 0.1) is 5.95 Å². The average Bonchev–Trinajstić information content (AvgIpc) is 2.76. The van der Waals surface area contributed by atoms with Crippen molar-refractivity contribution in [2.75, 3.05) is 13.1 Å². The first-order chi connectivity index (χ1) is 7.84. The fourth-order valence-electron chi connectivity index (χ4n) is 2.31. The van der Waals surface area contributed by atoms with E-state index >= 15 is 0 Å². The summed E-state index contributed by atoms with van der Waals surface area (Å²) in [5.74, 6) is 0.228. The van der Waals surface area contributed by atoms with E-state index in [1.165, 1.54) is 10.5 Å². The molecule has 0 unspecified atom stereocenters. The molecule has 1 saturated heterocycles. The molecule has 1 fully saturated rings. The normalized spacial score (nSPS) is 18.1. The zero-order chi connectivity index (χ0) is 11.0. The number of piperidine rings is 1.